The minimum absolute atomic E-state index is 0.00410. The fourth-order valence-electron chi connectivity index (χ4n) is 11.5. The molecule has 70 heavy (non-hydrogen) atoms. The molecule has 0 aliphatic carbocycles. The van der Waals surface area contributed by atoms with Gasteiger partial charge in [0.05, 0.1) is 11.0 Å². The normalized spacial score (nSPS) is 12.2. The minimum atomic E-state index is -3.41. The smallest absolute Gasteiger partial charge is 0.0581 e. The van der Waals surface area contributed by atoms with Crippen molar-refractivity contribution < 1.29 is 0 Å². The van der Waals surface area contributed by atoms with Crippen LogP contribution in [0.25, 0.3) is 66.1 Å². The number of hydrogen-bond acceptors (Lipinski definition) is 0. The molecule has 0 saturated heterocycles. The maximum absolute atomic E-state index is 3.41. The number of benzene rings is 11. The maximum atomic E-state index is 2.47. The molecule has 0 bridgehead atoms. The van der Waals surface area contributed by atoms with Crippen LogP contribution in [0.1, 0.15) is 22.6 Å². The van der Waals surface area contributed by atoms with Crippen molar-refractivity contribution in [2.45, 2.75) is 5.92 Å². The monoisotopic (exact) mass is 954 g/mol. The first-order chi connectivity index (χ1) is 34.7. The fourth-order valence-corrected chi connectivity index (χ4v) is 21.4. The number of aromatic nitrogens is 2. The molecule has 2 heterocycles. The first-order valence-corrected chi connectivity index (χ1v) is 28.5. The van der Waals surface area contributed by atoms with Gasteiger partial charge >= 0.3 is 273 Å². The summed E-state index contributed by atoms with van der Waals surface area (Å²) in [7, 11) is 0. The van der Waals surface area contributed by atoms with Crippen molar-refractivity contribution >= 4 is 74.5 Å². The predicted molar refractivity (Wildman–Crippen MR) is 298 cm³/mol. The van der Waals surface area contributed by atoms with E-state index in [-0.39, 0.29) is 5.92 Å². The Morgan fingerprint density at radius 2 is 0.600 bits per heavy atom. The number of fused-ring (bicyclic) bond motifs is 6. The molecule has 0 aliphatic heterocycles. The molecule has 0 spiro atoms. The Bertz CT molecular complexity index is 3860. The Morgan fingerprint density at radius 3 is 1.10 bits per heavy atom. The van der Waals surface area contributed by atoms with Crippen LogP contribution in [0, 0.1) is 0 Å². The molecule has 0 radical (unpaired) electrons. The quantitative estimate of drug-likeness (QED) is 0.0955. The predicted octanol–water partition coefficient (Wildman–Crippen LogP) is 14.1. The van der Waals surface area contributed by atoms with E-state index in [4.69, 9.17) is 0 Å². The van der Waals surface area contributed by atoms with Crippen LogP contribution in [0.4, 0.5) is 0 Å². The van der Waals surface area contributed by atoms with Crippen molar-refractivity contribution in [1.82, 2.24) is 9.13 Å². The van der Waals surface area contributed by atoms with E-state index in [1.807, 2.05) is 0 Å². The van der Waals surface area contributed by atoms with Gasteiger partial charge < -0.3 is 4.57 Å². The third kappa shape index (κ3) is 6.94. The van der Waals surface area contributed by atoms with Crippen LogP contribution in [0.15, 0.2) is 285 Å². The van der Waals surface area contributed by atoms with Gasteiger partial charge in [0.1, 0.15) is 0 Å². The Balaban J connectivity index is 0.980. The average molecular weight is 954 g/mol. The molecule has 1 atom stereocenters. The molecular weight excluding hydrogens is 905 g/mol. The molecule has 13 aromatic rings. The van der Waals surface area contributed by atoms with Gasteiger partial charge in [0.25, 0.3) is 0 Å². The second kappa shape index (κ2) is 17.6. The zero-order valence-electron chi connectivity index (χ0n) is 38.6. The number of rotatable bonds is 10. The van der Waals surface area contributed by atoms with E-state index < -0.39 is 13.3 Å². The number of hydrogen-bond donors (Lipinski definition) is 0. The van der Waals surface area contributed by atoms with Crippen molar-refractivity contribution in [3.63, 3.8) is 0 Å². The van der Waals surface area contributed by atoms with Crippen LogP contribution in [0.2, 0.25) is 0 Å². The summed E-state index contributed by atoms with van der Waals surface area (Å²) in [4.78, 5) is 0. The summed E-state index contributed by atoms with van der Waals surface area (Å²) in [5.74, 6) is 0.00410. The summed E-state index contributed by atoms with van der Waals surface area (Å²) >= 11 is -3.41. The van der Waals surface area contributed by atoms with Gasteiger partial charge in [-0.1, -0.05) is 78.9 Å². The molecule has 0 aliphatic rings. The summed E-state index contributed by atoms with van der Waals surface area (Å²) in [6.07, 6.45) is 0. The zero-order chi connectivity index (χ0) is 46.4. The molecule has 2 nitrogen and oxygen atoms in total. The topological polar surface area (TPSA) is 9.86 Å². The van der Waals surface area contributed by atoms with Crippen LogP contribution >= 0.6 is 0 Å². The van der Waals surface area contributed by atoms with Crippen molar-refractivity contribution in [1.29, 1.82) is 0 Å². The largest absolute Gasteiger partial charge is 0.0620 e. The first-order valence-electron chi connectivity index (χ1n) is 24.3. The second-order valence-electron chi connectivity index (χ2n) is 18.4. The van der Waals surface area contributed by atoms with E-state index in [2.05, 4.69) is 294 Å². The molecule has 3 heteroatoms. The molecule has 330 valence electrons. The third-order valence-corrected chi connectivity index (χ3v) is 24.7. The molecule has 0 amide bonds. The van der Waals surface area contributed by atoms with E-state index in [0.29, 0.717) is 0 Å². The summed E-state index contributed by atoms with van der Waals surface area (Å²) in [6, 6.07) is 106. The SMILES string of the molecule is c1ccc(C(c2ccc3c(c2)c2ccccc2n3-c2ccccc2)c2ccc3c(c2)c2cc(-c4cc[c]([Ge]([c]5ccccc5)([c]5ccccc5)[c]5ccccc5)cc4)ccc2n3-c2ccccc2)cc1. The van der Waals surface area contributed by atoms with Crippen LogP contribution in [0.3, 0.4) is 0 Å². The molecular formula is C67H48GeN2. The second-order valence-corrected chi connectivity index (χ2v) is 26.4. The van der Waals surface area contributed by atoms with E-state index in [9.17, 15) is 0 Å². The van der Waals surface area contributed by atoms with Gasteiger partial charge in [0.15, 0.2) is 0 Å². The Kier molecular flexibility index (Phi) is 10.5. The van der Waals surface area contributed by atoms with E-state index in [0.717, 1.165) is 5.69 Å². The van der Waals surface area contributed by atoms with Gasteiger partial charge in [-0.2, -0.15) is 0 Å². The van der Waals surface area contributed by atoms with Gasteiger partial charge in [-0.05, 0) is 30.3 Å². The molecule has 13 rings (SSSR count). The maximum Gasteiger partial charge on any atom is -0.0581 e. The van der Waals surface area contributed by atoms with Crippen LogP contribution in [-0.4, -0.2) is 22.4 Å². The van der Waals surface area contributed by atoms with Crippen molar-refractivity contribution in [2.75, 3.05) is 0 Å². The minimum Gasteiger partial charge on any atom is -0.0620 e. The molecule has 0 saturated carbocycles. The van der Waals surface area contributed by atoms with Gasteiger partial charge in [-0.15, -0.1) is 0 Å². The first kappa shape index (κ1) is 41.7. The summed E-state index contributed by atoms with van der Waals surface area (Å²) in [6.45, 7) is 0. The Morgan fingerprint density at radius 1 is 0.243 bits per heavy atom. The van der Waals surface area contributed by atoms with Crippen molar-refractivity contribution in [2.24, 2.45) is 0 Å². The summed E-state index contributed by atoms with van der Waals surface area (Å²) < 4.78 is 10.5. The van der Waals surface area contributed by atoms with Gasteiger partial charge in [0, 0.05) is 16.5 Å². The third-order valence-electron chi connectivity index (χ3n) is 14.6. The molecule has 0 N–H and O–H groups in total. The van der Waals surface area contributed by atoms with Crippen LogP contribution in [0.5, 0.6) is 0 Å². The average Bonchev–Trinajstić information content (AvgIpc) is 3.95. The van der Waals surface area contributed by atoms with Crippen LogP contribution in [-0.2, 0) is 0 Å². The fraction of sp³-hybridized carbons (Fsp3) is 0.0149. The van der Waals surface area contributed by atoms with E-state index in [1.165, 1.54) is 94.7 Å². The summed E-state index contributed by atoms with van der Waals surface area (Å²) in [5, 5.41) is 4.99. The number of para-hydroxylation sites is 3. The van der Waals surface area contributed by atoms with Crippen molar-refractivity contribution in [3.8, 4) is 22.5 Å². The standard InChI is InChI=1S/C67H48GeN2/c1-7-21-49(22-8-1)67(51-38-43-64-60(46-51)59-33-19-20-34-63(59)69(64)57-29-15-5-16-30-57)52-39-44-66-62(47-52)61-45-50(37-42-65(61)70(66)58-31-17-6-18-32-58)48-35-40-56(41-36-48)68(53-23-9-2-10-24-53,54-25-11-3-12-26-54)55-27-13-4-14-28-55/h1-47,67H. The van der Waals surface area contributed by atoms with Crippen LogP contribution < -0.4 is 17.6 Å². The zero-order valence-corrected chi connectivity index (χ0v) is 40.7. The summed E-state index contributed by atoms with van der Waals surface area (Å²) in [5.41, 5.74) is 13.3. The van der Waals surface area contributed by atoms with E-state index in [1.54, 1.807) is 0 Å². The van der Waals surface area contributed by atoms with Gasteiger partial charge in [-0.3, -0.25) is 0 Å². The molecule has 2 aromatic heterocycles. The molecule has 1 unspecified atom stereocenters. The Labute approximate surface area is 411 Å². The number of nitrogens with zero attached hydrogens (tertiary/aromatic N) is 2. The Hall–Kier alpha value is -8.44. The van der Waals surface area contributed by atoms with E-state index >= 15 is 0 Å². The molecule has 0 fully saturated rings. The van der Waals surface area contributed by atoms with Gasteiger partial charge in [-0.25, -0.2) is 0 Å². The molecule has 11 aromatic carbocycles. The van der Waals surface area contributed by atoms with Crippen molar-refractivity contribution in [3.05, 3.63) is 302 Å². The van der Waals surface area contributed by atoms with Gasteiger partial charge in [0.2, 0.25) is 0 Å².